The number of anilines is 1. The second-order valence-electron chi connectivity index (χ2n) is 11.1. The van der Waals surface area contributed by atoms with Crippen LogP contribution in [0.1, 0.15) is 49.7 Å². The molecule has 0 unspecified atom stereocenters. The van der Waals surface area contributed by atoms with E-state index in [0.717, 1.165) is 17.0 Å². The van der Waals surface area contributed by atoms with Crippen LogP contribution < -0.4 is 4.90 Å². The van der Waals surface area contributed by atoms with Crippen molar-refractivity contribution in [2.45, 2.75) is 75.2 Å². The van der Waals surface area contributed by atoms with Gasteiger partial charge in [-0.2, -0.15) is 39.5 Å². The van der Waals surface area contributed by atoms with Crippen molar-refractivity contribution in [3.63, 3.8) is 0 Å². The zero-order valence-electron chi connectivity index (χ0n) is 22.3. The molecule has 0 aromatic heterocycles. The van der Waals surface area contributed by atoms with Crippen molar-refractivity contribution in [3.05, 3.63) is 29.3 Å². The van der Waals surface area contributed by atoms with Crippen LogP contribution in [0.5, 0.6) is 0 Å². The van der Waals surface area contributed by atoms with Gasteiger partial charge in [0.2, 0.25) is 0 Å². The highest BCUT2D eigenvalue weighted by atomic mass is 19.4. The number of halogens is 9. The summed E-state index contributed by atoms with van der Waals surface area (Å²) in [6.45, 7) is 0.672. The van der Waals surface area contributed by atoms with Gasteiger partial charge in [-0.05, 0) is 68.8 Å². The molecule has 0 aliphatic carbocycles. The molecule has 1 aromatic rings. The SMILES string of the molecule is O=C(O)[C@@H]1CCCN(c2cc(CN3CCCC34CCN(C(=O)OC(C(F)(F)F)C(F)(F)F)CC4)cc(C(F)(F)F)c2)C1. The van der Waals surface area contributed by atoms with Gasteiger partial charge in [0.1, 0.15) is 0 Å². The molecular weight excluding hydrogens is 589 g/mol. The fourth-order valence-electron chi connectivity index (χ4n) is 6.15. The first kappa shape index (κ1) is 32.0. The Morgan fingerprint density at radius 3 is 2.12 bits per heavy atom. The van der Waals surface area contributed by atoms with Crippen molar-refractivity contribution in [2.24, 2.45) is 5.92 Å². The van der Waals surface area contributed by atoms with E-state index in [-0.39, 0.29) is 44.7 Å². The smallest absolute Gasteiger partial charge is 0.434 e. The number of carboxylic acids is 1. The minimum absolute atomic E-state index is 0.0687. The van der Waals surface area contributed by atoms with Crippen LogP contribution in [0.2, 0.25) is 0 Å². The number of likely N-dealkylation sites (tertiary alicyclic amines) is 2. The normalized spacial score (nSPS) is 22.2. The van der Waals surface area contributed by atoms with Gasteiger partial charge >= 0.3 is 30.6 Å². The summed E-state index contributed by atoms with van der Waals surface area (Å²) in [5.74, 6) is -1.73. The number of rotatable bonds is 5. The number of aliphatic carboxylic acids is 1. The number of carbonyl (C=O) groups is 2. The molecular formula is C26H30F9N3O4. The minimum Gasteiger partial charge on any atom is -0.481 e. The van der Waals surface area contributed by atoms with E-state index in [0.29, 0.717) is 44.3 Å². The highest BCUT2D eigenvalue weighted by Gasteiger charge is 2.60. The zero-order chi connectivity index (χ0) is 31.1. The largest absolute Gasteiger partial charge is 0.481 e. The molecule has 3 aliphatic heterocycles. The predicted octanol–water partition coefficient (Wildman–Crippen LogP) is 6.07. The number of nitrogens with zero attached hydrogens (tertiary/aromatic N) is 3. The Balaban J connectivity index is 1.48. The summed E-state index contributed by atoms with van der Waals surface area (Å²) in [6, 6.07) is 3.61. The van der Waals surface area contributed by atoms with Crippen molar-refractivity contribution in [2.75, 3.05) is 37.6 Å². The van der Waals surface area contributed by atoms with Crippen LogP contribution >= 0.6 is 0 Å². The van der Waals surface area contributed by atoms with E-state index in [1.165, 1.54) is 0 Å². The predicted molar refractivity (Wildman–Crippen MR) is 130 cm³/mol. The molecule has 1 atom stereocenters. The van der Waals surface area contributed by atoms with Gasteiger partial charge in [-0.3, -0.25) is 9.69 Å². The van der Waals surface area contributed by atoms with Gasteiger partial charge < -0.3 is 19.6 Å². The Morgan fingerprint density at radius 2 is 1.55 bits per heavy atom. The van der Waals surface area contributed by atoms with Gasteiger partial charge in [0.15, 0.2) is 0 Å². The molecule has 3 heterocycles. The summed E-state index contributed by atoms with van der Waals surface area (Å²) in [7, 11) is 0. The highest BCUT2D eigenvalue weighted by Crippen LogP contribution is 2.42. The molecule has 7 nitrogen and oxygen atoms in total. The standard InChI is InChI=1S/C26H30F9N3O4/c27-24(28,29)18-11-16(12-19(13-18)37-7-1-3-17(15-37)20(39)40)14-38-8-2-4-23(38)5-9-36(10-6-23)22(41)42-21(25(30,31)32)26(33,34)35/h11-13,17,21H,1-10,14-15H2,(H,39,40)/t17-/m1/s1. The number of hydrogen-bond donors (Lipinski definition) is 1. The molecule has 0 radical (unpaired) electrons. The third-order valence-electron chi connectivity index (χ3n) is 8.32. The van der Waals surface area contributed by atoms with E-state index in [9.17, 15) is 54.2 Å². The summed E-state index contributed by atoms with van der Waals surface area (Å²) in [4.78, 5) is 28.0. The van der Waals surface area contributed by atoms with Crippen LogP contribution in [0.25, 0.3) is 0 Å². The summed E-state index contributed by atoms with van der Waals surface area (Å²) in [5.41, 5.74) is -0.917. The highest BCUT2D eigenvalue weighted by molar-refractivity contribution is 5.71. The van der Waals surface area contributed by atoms with Crippen LogP contribution in [0.4, 0.5) is 50.0 Å². The lowest BCUT2D eigenvalue weighted by Gasteiger charge is -2.45. The van der Waals surface area contributed by atoms with E-state index in [2.05, 4.69) is 4.74 Å². The van der Waals surface area contributed by atoms with Crippen LogP contribution in [-0.4, -0.2) is 83.7 Å². The first-order valence-corrected chi connectivity index (χ1v) is 13.4. The third-order valence-corrected chi connectivity index (χ3v) is 8.32. The van der Waals surface area contributed by atoms with Crippen molar-refractivity contribution in [1.29, 1.82) is 0 Å². The molecule has 236 valence electrons. The Morgan fingerprint density at radius 1 is 0.905 bits per heavy atom. The maximum absolute atomic E-state index is 13.8. The van der Waals surface area contributed by atoms with Crippen LogP contribution in [-0.2, 0) is 22.3 Å². The molecule has 1 spiro atoms. The van der Waals surface area contributed by atoms with Gasteiger partial charge in [0.05, 0.1) is 11.5 Å². The van der Waals surface area contributed by atoms with E-state index in [1.54, 1.807) is 11.0 Å². The number of hydrogen-bond acceptors (Lipinski definition) is 5. The van der Waals surface area contributed by atoms with Crippen molar-refractivity contribution in [3.8, 4) is 0 Å². The lowest BCUT2D eigenvalue weighted by Crippen LogP contribution is -2.54. The number of carbonyl (C=O) groups excluding carboxylic acids is 1. The number of alkyl halides is 9. The number of carboxylic acid groups (broad SMARTS) is 1. The minimum atomic E-state index is -5.83. The molecule has 1 aromatic carbocycles. The Bertz CT molecular complexity index is 1130. The van der Waals surface area contributed by atoms with Crippen molar-refractivity contribution >= 4 is 17.7 Å². The maximum atomic E-state index is 13.8. The second-order valence-corrected chi connectivity index (χ2v) is 11.1. The number of amides is 1. The first-order chi connectivity index (χ1) is 19.4. The number of piperidine rings is 2. The average Bonchev–Trinajstić information content (AvgIpc) is 3.26. The molecule has 0 saturated carbocycles. The maximum Gasteiger partial charge on any atom is 0.434 e. The Labute approximate surface area is 235 Å². The first-order valence-electron chi connectivity index (χ1n) is 13.4. The van der Waals surface area contributed by atoms with Gasteiger partial charge in [-0.25, -0.2) is 4.79 Å². The second kappa shape index (κ2) is 11.6. The average molecular weight is 620 g/mol. The number of benzene rings is 1. The van der Waals surface area contributed by atoms with Crippen molar-refractivity contribution in [1.82, 2.24) is 9.80 Å². The summed E-state index contributed by atoms with van der Waals surface area (Å²) in [5, 5.41) is 9.39. The zero-order valence-corrected chi connectivity index (χ0v) is 22.3. The van der Waals surface area contributed by atoms with Gasteiger partial charge in [-0.1, -0.05) is 0 Å². The summed E-state index contributed by atoms with van der Waals surface area (Å²) in [6.07, 6.45) is -19.8. The van der Waals surface area contributed by atoms with Crippen molar-refractivity contribution < 1.29 is 58.9 Å². The molecule has 3 saturated heterocycles. The van der Waals surface area contributed by atoms with Crippen LogP contribution in [0.15, 0.2) is 18.2 Å². The molecule has 1 amide bonds. The van der Waals surface area contributed by atoms with E-state index >= 15 is 0 Å². The quantitative estimate of drug-likeness (QED) is 0.404. The summed E-state index contributed by atoms with van der Waals surface area (Å²) >= 11 is 0. The van der Waals surface area contributed by atoms with Crippen LogP contribution in [0.3, 0.4) is 0 Å². The molecule has 1 N–H and O–H groups in total. The molecule has 42 heavy (non-hydrogen) atoms. The lowest BCUT2D eigenvalue weighted by molar-refractivity contribution is -0.308. The summed E-state index contributed by atoms with van der Waals surface area (Å²) < 4.78 is 122. The Hall–Kier alpha value is -2.91. The monoisotopic (exact) mass is 619 g/mol. The topological polar surface area (TPSA) is 73.3 Å². The fraction of sp³-hybridized carbons (Fsp3) is 0.692. The van der Waals surface area contributed by atoms with Crippen LogP contribution in [0, 0.1) is 5.92 Å². The molecule has 16 heteroatoms. The number of ether oxygens (including phenoxy) is 1. The van der Waals surface area contributed by atoms with E-state index < -0.39 is 53.7 Å². The Kier molecular flexibility index (Phi) is 8.87. The van der Waals surface area contributed by atoms with E-state index in [1.807, 2.05) is 4.90 Å². The molecule has 3 fully saturated rings. The third kappa shape index (κ3) is 7.17. The van der Waals surface area contributed by atoms with E-state index in [4.69, 9.17) is 0 Å². The molecule has 3 aliphatic rings. The van der Waals surface area contributed by atoms with Gasteiger partial charge in [0, 0.05) is 44.0 Å². The molecule has 4 rings (SSSR count). The lowest BCUT2D eigenvalue weighted by atomic mass is 9.84. The fourth-order valence-corrected chi connectivity index (χ4v) is 6.15. The van der Waals surface area contributed by atoms with Gasteiger partial charge in [0.25, 0.3) is 6.10 Å². The van der Waals surface area contributed by atoms with Gasteiger partial charge in [-0.15, -0.1) is 0 Å². The molecule has 0 bridgehead atoms.